The molecule has 0 N–H and O–H groups in total. The lowest BCUT2D eigenvalue weighted by molar-refractivity contribution is 0.0529. The molecule has 1 unspecified atom stereocenters. The number of ketones is 1. The van der Waals surface area contributed by atoms with Crippen LogP contribution in [0.4, 0.5) is 5.82 Å². The van der Waals surface area contributed by atoms with Gasteiger partial charge in [-0.3, -0.25) is 9.78 Å². The molecule has 0 bridgehead atoms. The molecule has 0 saturated carbocycles. The van der Waals surface area contributed by atoms with Crippen molar-refractivity contribution in [3.8, 4) is 11.3 Å². The maximum atomic E-state index is 13.3. The van der Waals surface area contributed by atoms with Gasteiger partial charge in [0.2, 0.25) is 0 Å². The van der Waals surface area contributed by atoms with Gasteiger partial charge in [-0.25, -0.2) is 9.97 Å². The predicted molar refractivity (Wildman–Crippen MR) is 129 cm³/mol. The van der Waals surface area contributed by atoms with Crippen molar-refractivity contribution in [3.63, 3.8) is 0 Å². The number of hydrogen-bond donors (Lipinski definition) is 0. The lowest BCUT2D eigenvalue weighted by Crippen LogP contribution is -2.41. The van der Waals surface area contributed by atoms with Gasteiger partial charge in [0.15, 0.2) is 5.78 Å². The summed E-state index contributed by atoms with van der Waals surface area (Å²) in [5.74, 6) is 0.170. The Morgan fingerprint density at radius 2 is 2.06 bits per heavy atom. The number of pyridine rings is 2. The molecule has 7 heteroatoms. The number of morpholine rings is 1. The highest BCUT2D eigenvalue weighted by Gasteiger charge is 2.19. The summed E-state index contributed by atoms with van der Waals surface area (Å²) < 4.78 is 64.6. The van der Waals surface area contributed by atoms with Gasteiger partial charge in [0.1, 0.15) is 11.6 Å². The van der Waals surface area contributed by atoms with Crippen LogP contribution < -0.4 is 4.90 Å². The number of ether oxygens (including phenoxy) is 1. The molecular weight excluding hydrogens is 414 g/mol. The Morgan fingerprint density at radius 1 is 1.18 bits per heavy atom. The number of rotatable bonds is 5. The molecule has 4 heterocycles. The van der Waals surface area contributed by atoms with Crippen LogP contribution in [0.3, 0.4) is 0 Å². The van der Waals surface area contributed by atoms with Crippen LogP contribution in [0.2, 0.25) is 0 Å². The summed E-state index contributed by atoms with van der Waals surface area (Å²) in [6.07, 6.45) is 2.14. The van der Waals surface area contributed by atoms with Crippen LogP contribution in [0.25, 0.3) is 22.0 Å². The fourth-order valence-corrected chi connectivity index (χ4v) is 3.66. The Bertz CT molecular complexity index is 1610. The zero-order chi connectivity index (χ0) is 29.3. The van der Waals surface area contributed by atoms with Crippen LogP contribution in [0.5, 0.6) is 0 Å². The molecule has 1 saturated heterocycles. The summed E-state index contributed by atoms with van der Waals surface area (Å²) >= 11 is 0. The first kappa shape index (κ1) is 14.5. The molecule has 1 aliphatic rings. The number of benzene rings is 1. The van der Waals surface area contributed by atoms with E-state index in [-0.39, 0.29) is 23.6 Å². The Labute approximate surface area is 202 Å². The van der Waals surface area contributed by atoms with E-state index >= 15 is 0 Å². The van der Waals surface area contributed by atoms with E-state index in [0.29, 0.717) is 10.6 Å². The van der Waals surface area contributed by atoms with Crippen molar-refractivity contribution in [2.75, 3.05) is 24.5 Å². The molecule has 1 fully saturated rings. The van der Waals surface area contributed by atoms with E-state index in [1.54, 1.807) is 12.4 Å². The number of carbonyl (C=O) groups is 1. The first-order chi connectivity index (χ1) is 18.5. The van der Waals surface area contributed by atoms with E-state index in [0.717, 1.165) is 34.8 Å². The molecule has 33 heavy (non-hydrogen) atoms. The third-order valence-electron chi connectivity index (χ3n) is 5.56. The van der Waals surface area contributed by atoms with Crippen molar-refractivity contribution in [1.82, 2.24) is 19.5 Å². The van der Waals surface area contributed by atoms with Crippen molar-refractivity contribution in [3.05, 3.63) is 72.1 Å². The standard InChI is InChI=1S/C26H27N5O2/c1-17-16-31(8-9-33-17)26-12-20(6-7-27-26)25(32)13-23-11-22-10-19(4-5-21(22)14-29-23)24-15-28-18(2)30(24)3/h4-7,10-12,14-15,17H,8-9,13,16H2,1-3H3/i8D2,9D2,16D2,17D. The number of carbonyl (C=O) groups excluding carboxylic acids is 1. The molecule has 0 amide bonds. The molecule has 4 aromatic rings. The smallest absolute Gasteiger partial charge is 0.169 e. The van der Waals surface area contributed by atoms with Crippen LogP contribution in [0.1, 0.15) is 38.4 Å². The van der Waals surface area contributed by atoms with Crippen molar-refractivity contribution >= 4 is 22.4 Å². The summed E-state index contributed by atoms with van der Waals surface area (Å²) in [5, 5.41) is 1.78. The zero-order valence-corrected chi connectivity index (χ0v) is 18.5. The summed E-state index contributed by atoms with van der Waals surface area (Å²) in [6.45, 7) is -5.99. The van der Waals surface area contributed by atoms with Crippen molar-refractivity contribution in [2.45, 2.75) is 26.3 Å². The number of hydrogen-bond acceptors (Lipinski definition) is 6. The van der Waals surface area contributed by atoms with Gasteiger partial charge in [-0.2, -0.15) is 0 Å². The maximum Gasteiger partial charge on any atom is 0.169 e. The Kier molecular flexibility index (Phi) is 3.86. The second-order valence-electron chi connectivity index (χ2n) is 7.81. The van der Waals surface area contributed by atoms with Crippen LogP contribution in [-0.2, 0) is 18.2 Å². The summed E-state index contributed by atoms with van der Waals surface area (Å²) in [7, 11) is 1.94. The minimum absolute atomic E-state index is 0.0890. The summed E-state index contributed by atoms with van der Waals surface area (Å²) in [4.78, 5) is 26.5. The summed E-state index contributed by atoms with van der Waals surface area (Å²) in [6, 6.07) is 10.4. The van der Waals surface area contributed by atoms with Gasteiger partial charge >= 0.3 is 0 Å². The molecule has 168 valence electrons. The van der Waals surface area contributed by atoms with E-state index in [1.807, 2.05) is 42.8 Å². The average Bonchev–Trinajstić information content (AvgIpc) is 3.20. The molecule has 0 radical (unpaired) electrons. The third-order valence-corrected chi connectivity index (χ3v) is 5.56. The highest BCUT2D eigenvalue weighted by Crippen LogP contribution is 2.25. The van der Waals surface area contributed by atoms with Crippen molar-refractivity contribution < 1.29 is 19.1 Å². The van der Waals surface area contributed by atoms with Gasteiger partial charge in [0.25, 0.3) is 0 Å². The van der Waals surface area contributed by atoms with E-state index in [9.17, 15) is 4.79 Å². The SMILES string of the molecule is [2H]C1([2H])OC([2H])(C)C([2H])([2H])N(c2cc(C(=O)Cc3cc4cc(-c5cnc(C)n5C)ccc4cn3)ccn2)C1([2H])[2H]. The van der Waals surface area contributed by atoms with E-state index in [4.69, 9.17) is 14.3 Å². The van der Waals surface area contributed by atoms with Gasteiger partial charge in [-0.05, 0) is 43.5 Å². The second kappa shape index (κ2) is 8.75. The molecule has 0 aliphatic carbocycles. The van der Waals surface area contributed by atoms with Crippen LogP contribution in [0.15, 0.2) is 55.0 Å². The van der Waals surface area contributed by atoms with Crippen LogP contribution >= 0.6 is 0 Å². The topological polar surface area (TPSA) is 73.1 Å². The highest BCUT2D eigenvalue weighted by atomic mass is 16.5. The van der Waals surface area contributed by atoms with E-state index < -0.39 is 25.6 Å². The van der Waals surface area contributed by atoms with E-state index in [2.05, 4.69) is 15.0 Å². The first-order valence-electron chi connectivity index (χ1n) is 13.9. The van der Waals surface area contributed by atoms with E-state index in [1.165, 1.54) is 18.3 Å². The molecule has 1 aromatic carbocycles. The Morgan fingerprint density at radius 3 is 2.88 bits per heavy atom. The highest BCUT2D eigenvalue weighted by molar-refractivity contribution is 5.98. The van der Waals surface area contributed by atoms with Crippen molar-refractivity contribution in [1.29, 1.82) is 0 Å². The maximum absolute atomic E-state index is 13.3. The minimum Gasteiger partial charge on any atom is -0.375 e. The monoisotopic (exact) mass is 448 g/mol. The number of nitrogens with zero attached hydrogens (tertiary/aromatic N) is 5. The fourth-order valence-electron chi connectivity index (χ4n) is 3.66. The first-order valence-corrected chi connectivity index (χ1v) is 10.4. The second-order valence-corrected chi connectivity index (χ2v) is 7.81. The molecule has 0 spiro atoms. The van der Waals surface area contributed by atoms with Gasteiger partial charge in [0, 0.05) is 54.6 Å². The number of Topliss-reactive ketones (excluding diaryl/α,β-unsaturated/α-hetero) is 1. The lowest BCUT2D eigenvalue weighted by Gasteiger charge is -2.32. The number of aryl methyl sites for hydroxylation is 1. The largest absolute Gasteiger partial charge is 0.375 e. The average molecular weight is 449 g/mol. The van der Waals surface area contributed by atoms with Gasteiger partial charge in [0.05, 0.1) is 40.5 Å². The molecule has 1 aliphatic heterocycles. The summed E-state index contributed by atoms with van der Waals surface area (Å²) in [5.41, 5.74) is 2.53. The quantitative estimate of drug-likeness (QED) is 0.430. The number of imidazole rings is 1. The predicted octanol–water partition coefficient (Wildman–Crippen LogP) is 3.99. The number of aromatic nitrogens is 4. The molecule has 5 rings (SSSR count). The third kappa shape index (κ3) is 4.36. The van der Waals surface area contributed by atoms with Gasteiger partial charge in [-0.15, -0.1) is 0 Å². The molecular formula is C26H27N5O2. The Hall–Kier alpha value is -3.58. The number of fused-ring (bicyclic) bond motifs is 1. The Balaban J connectivity index is 1.46. The van der Waals surface area contributed by atoms with Crippen LogP contribution in [0, 0.1) is 6.92 Å². The normalized spacial score (nSPS) is 26.3. The molecule has 3 aromatic heterocycles. The van der Waals surface area contributed by atoms with Crippen LogP contribution in [-0.4, -0.2) is 50.9 Å². The van der Waals surface area contributed by atoms with Crippen molar-refractivity contribution in [2.24, 2.45) is 7.05 Å². The minimum atomic E-state index is -3.05. The lowest BCUT2D eigenvalue weighted by atomic mass is 10.0. The number of anilines is 1. The van der Waals surface area contributed by atoms with Gasteiger partial charge < -0.3 is 14.2 Å². The fraction of sp³-hybridized carbons (Fsp3) is 0.308. The molecule has 7 nitrogen and oxygen atoms in total. The molecule has 1 atom stereocenters. The van der Waals surface area contributed by atoms with Gasteiger partial charge in [-0.1, -0.05) is 12.1 Å². The zero-order valence-electron chi connectivity index (χ0n) is 25.5.